The smallest absolute Gasteiger partial charge is 0.307 e. The van der Waals surface area contributed by atoms with Gasteiger partial charge < -0.3 is 10.3 Å². The predicted molar refractivity (Wildman–Crippen MR) is 63.5 cm³/mol. The number of halogens is 1. The molecule has 1 heterocycles. The quantitative estimate of drug-likeness (QED) is 0.818. The summed E-state index contributed by atoms with van der Waals surface area (Å²) in [5, 5.41) is 2.38. The molecule has 2 aromatic rings. The third kappa shape index (κ3) is 2.22. The van der Waals surface area contributed by atoms with E-state index in [4.69, 9.17) is 17.3 Å². The van der Waals surface area contributed by atoms with Crippen LogP contribution in [0.1, 0.15) is 5.56 Å². The Morgan fingerprint density at radius 3 is 2.93 bits per heavy atom. The summed E-state index contributed by atoms with van der Waals surface area (Å²) in [7, 11) is 0. The SMILES string of the molecule is Nc1ccc(Cl)cc1Cn1ccsc1=O. The highest BCUT2D eigenvalue weighted by Gasteiger charge is 2.03. The molecule has 0 amide bonds. The molecule has 0 radical (unpaired) electrons. The largest absolute Gasteiger partial charge is 0.398 e. The number of nitrogens with zero attached hydrogens (tertiary/aromatic N) is 1. The van der Waals surface area contributed by atoms with Crippen LogP contribution in [0.15, 0.2) is 34.6 Å². The Hall–Kier alpha value is -1.26. The van der Waals surface area contributed by atoms with E-state index in [1.165, 1.54) is 11.3 Å². The lowest BCUT2D eigenvalue weighted by Crippen LogP contribution is -2.13. The number of anilines is 1. The highest BCUT2D eigenvalue weighted by Crippen LogP contribution is 2.18. The summed E-state index contributed by atoms with van der Waals surface area (Å²) in [5.74, 6) is 0. The summed E-state index contributed by atoms with van der Waals surface area (Å²) in [4.78, 5) is 11.3. The highest BCUT2D eigenvalue weighted by molar-refractivity contribution is 7.07. The summed E-state index contributed by atoms with van der Waals surface area (Å²) in [6, 6.07) is 5.26. The topological polar surface area (TPSA) is 48.0 Å². The summed E-state index contributed by atoms with van der Waals surface area (Å²) in [5.41, 5.74) is 7.30. The zero-order chi connectivity index (χ0) is 10.8. The first-order valence-corrected chi connectivity index (χ1v) is 5.60. The molecule has 1 aromatic carbocycles. The summed E-state index contributed by atoms with van der Waals surface area (Å²) in [6.45, 7) is 0.467. The summed E-state index contributed by atoms with van der Waals surface area (Å²) < 4.78 is 1.60. The van der Waals surface area contributed by atoms with Crippen LogP contribution in [-0.4, -0.2) is 4.57 Å². The Morgan fingerprint density at radius 2 is 2.27 bits per heavy atom. The van der Waals surface area contributed by atoms with Crippen LogP contribution in [0.3, 0.4) is 0 Å². The van der Waals surface area contributed by atoms with Gasteiger partial charge in [0.05, 0.1) is 6.54 Å². The number of hydrogen-bond acceptors (Lipinski definition) is 3. The van der Waals surface area contributed by atoms with Crippen molar-refractivity contribution in [3.05, 3.63) is 50.0 Å². The maximum Gasteiger partial charge on any atom is 0.307 e. The lowest BCUT2D eigenvalue weighted by atomic mass is 10.2. The zero-order valence-corrected chi connectivity index (χ0v) is 9.39. The Morgan fingerprint density at radius 1 is 1.47 bits per heavy atom. The second-order valence-electron chi connectivity index (χ2n) is 3.14. The molecule has 15 heavy (non-hydrogen) atoms. The molecule has 0 spiro atoms. The van der Waals surface area contributed by atoms with Crippen LogP contribution in [0.25, 0.3) is 0 Å². The number of thiazole rings is 1. The van der Waals surface area contributed by atoms with Gasteiger partial charge in [0.2, 0.25) is 0 Å². The van der Waals surface area contributed by atoms with Gasteiger partial charge in [-0.2, -0.15) is 0 Å². The minimum Gasteiger partial charge on any atom is -0.398 e. The van der Waals surface area contributed by atoms with E-state index in [2.05, 4.69) is 0 Å². The Balaban J connectivity index is 2.36. The molecule has 3 nitrogen and oxygen atoms in total. The van der Waals surface area contributed by atoms with Crippen molar-refractivity contribution < 1.29 is 0 Å². The molecule has 78 valence electrons. The predicted octanol–water partition coefficient (Wildman–Crippen LogP) is 2.19. The van der Waals surface area contributed by atoms with Gasteiger partial charge in [0.15, 0.2) is 0 Å². The fraction of sp³-hybridized carbons (Fsp3) is 0.100. The first-order chi connectivity index (χ1) is 7.16. The molecule has 0 bridgehead atoms. The molecule has 0 saturated heterocycles. The third-order valence-corrected chi connectivity index (χ3v) is 3.02. The normalized spacial score (nSPS) is 10.5. The number of benzene rings is 1. The van der Waals surface area contributed by atoms with E-state index in [1.807, 2.05) is 0 Å². The molecule has 0 atom stereocenters. The first-order valence-electron chi connectivity index (χ1n) is 4.34. The van der Waals surface area contributed by atoms with Gasteiger partial charge in [0.1, 0.15) is 0 Å². The van der Waals surface area contributed by atoms with E-state index in [1.54, 1.807) is 34.3 Å². The Bertz CT molecular complexity index is 532. The molecule has 2 N–H and O–H groups in total. The monoisotopic (exact) mass is 240 g/mol. The van der Waals surface area contributed by atoms with Gasteiger partial charge in [-0.1, -0.05) is 22.9 Å². The van der Waals surface area contributed by atoms with Crippen molar-refractivity contribution in [2.75, 3.05) is 5.73 Å². The molecular formula is C10H9ClN2OS. The average molecular weight is 241 g/mol. The number of nitrogen functional groups attached to an aromatic ring is 1. The van der Waals surface area contributed by atoms with Gasteiger partial charge in [-0.25, -0.2) is 0 Å². The van der Waals surface area contributed by atoms with Gasteiger partial charge in [0, 0.05) is 22.3 Å². The summed E-state index contributed by atoms with van der Waals surface area (Å²) >= 11 is 7.02. The second-order valence-corrected chi connectivity index (χ2v) is 4.43. The zero-order valence-electron chi connectivity index (χ0n) is 7.81. The number of hydrogen-bond donors (Lipinski definition) is 1. The van der Waals surface area contributed by atoms with Crippen molar-refractivity contribution in [3.63, 3.8) is 0 Å². The average Bonchev–Trinajstić information content (AvgIpc) is 2.58. The first kappa shape index (κ1) is 10.3. The Kier molecular flexibility index (Phi) is 2.79. The molecule has 0 aliphatic heterocycles. The van der Waals surface area contributed by atoms with Crippen LogP contribution in [0.5, 0.6) is 0 Å². The minimum absolute atomic E-state index is 0.00868. The van der Waals surface area contributed by atoms with E-state index in [0.29, 0.717) is 17.3 Å². The van der Waals surface area contributed by atoms with Crippen molar-refractivity contribution in [1.82, 2.24) is 4.57 Å². The number of rotatable bonds is 2. The van der Waals surface area contributed by atoms with Crippen LogP contribution >= 0.6 is 22.9 Å². The van der Waals surface area contributed by atoms with E-state index in [9.17, 15) is 4.79 Å². The molecule has 0 saturated carbocycles. The van der Waals surface area contributed by atoms with E-state index in [-0.39, 0.29) is 4.87 Å². The molecule has 1 aromatic heterocycles. The van der Waals surface area contributed by atoms with Gasteiger partial charge in [-0.3, -0.25) is 4.79 Å². The lowest BCUT2D eigenvalue weighted by Gasteiger charge is -2.06. The molecule has 0 aliphatic rings. The van der Waals surface area contributed by atoms with Crippen LogP contribution in [0.4, 0.5) is 5.69 Å². The van der Waals surface area contributed by atoms with E-state index >= 15 is 0 Å². The van der Waals surface area contributed by atoms with Crippen molar-refractivity contribution >= 4 is 28.6 Å². The maximum atomic E-state index is 11.3. The van der Waals surface area contributed by atoms with Crippen LogP contribution in [0.2, 0.25) is 5.02 Å². The number of aromatic nitrogens is 1. The lowest BCUT2D eigenvalue weighted by molar-refractivity contribution is 0.786. The van der Waals surface area contributed by atoms with Crippen molar-refractivity contribution in [3.8, 4) is 0 Å². The van der Waals surface area contributed by atoms with Crippen LogP contribution in [-0.2, 0) is 6.54 Å². The van der Waals surface area contributed by atoms with Gasteiger partial charge in [-0.15, -0.1) is 0 Å². The van der Waals surface area contributed by atoms with Gasteiger partial charge in [0.25, 0.3) is 0 Å². The molecule has 0 unspecified atom stereocenters. The third-order valence-electron chi connectivity index (χ3n) is 2.09. The minimum atomic E-state index is 0.00868. The highest BCUT2D eigenvalue weighted by atomic mass is 35.5. The Labute approximate surface area is 95.7 Å². The standard InChI is InChI=1S/C10H9ClN2OS/c11-8-1-2-9(12)7(5-8)6-13-3-4-15-10(13)14/h1-5H,6,12H2. The van der Waals surface area contributed by atoms with Gasteiger partial charge >= 0.3 is 4.87 Å². The van der Waals surface area contributed by atoms with Crippen molar-refractivity contribution in [2.24, 2.45) is 0 Å². The maximum absolute atomic E-state index is 11.3. The molecule has 5 heteroatoms. The van der Waals surface area contributed by atoms with Crippen molar-refractivity contribution in [1.29, 1.82) is 0 Å². The van der Waals surface area contributed by atoms with E-state index < -0.39 is 0 Å². The van der Waals surface area contributed by atoms with Crippen LogP contribution in [0, 0.1) is 0 Å². The fourth-order valence-electron chi connectivity index (χ4n) is 1.30. The summed E-state index contributed by atoms with van der Waals surface area (Å²) in [6.07, 6.45) is 1.74. The van der Waals surface area contributed by atoms with Gasteiger partial charge in [-0.05, 0) is 23.8 Å². The fourth-order valence-corrected chi connectivity index (χ4v) is 2.08. The molecule has 0 aliphatic carbocycles. The molecular weight excluding hydrogens is 232 g/mol. The van der Waals surface area contributed by atoms with Crippen molar-refractivity contribution in [2.45, 2.75) is 6.54 Å². The molecule has 0 fully saturated rings. The van der Waals surface area contributed by atoms with E-state index in [0.717, 1.165) is 5.56 Å². The molecule has 2 rings (SSSR count). The second kappa shape index (κ2) is 4.08. The number of nitrogens with two attached hydrogens (primary N) is 1. The van der Waals surface area contributed by atoms with Crippen LogP contribution < -0.4 is 10.6 Å².